The molecule has 0 fully saturated rings. The molecule has 2 N–H and O–H groups in total. The first-order valence-corrected chi connectivity index (χ1v) is 4.88. The Morgan fingerprint density at radius 3 is 3.00 bits per heavy atom. The fourth-order valence-corrected chi connectivity index (χ4v) is 1.46. The molecule has 0 aliphatic rings. The van der Waals surface area contributed by atoms with Gasteiger partial charge in [-0.1, -0.05) is 24.9 Å². The van der Waals surface area contributed by atoms with Crippen LogP contribution in [0.4, 0.5) is 0 Å². The Labute approximate surface area is 88.5 Å². The Morgan fingerprint density at radius 2 is 2.43 bits per heavy atom. The molecule has 0 radical (unpaired) electrons. The third-order valence-corrected chi connectivity index (χ3v) is 2.23. The van der Waals surface area contributed by atoms with Gasteiger partial charge in [-0.25, -0.2) is 4.98 Å². The van der Waals surface area contributed by atoms with Crippen LogP contribution in [0.1, 0.15) is 36.9 Å². The third kappa shape index (κ3) is 2.44. The van der Waals surface area contributed by atoms with E-state index in [9.17, 15) is 0 Å². The van der Waals surface area contributed by atoms with Gasteiger partial charge >= 0.3 is 0 Å². The smallest absolute Gasteiger partial charge is 0.130 e. The average Bonchev–Trinajstić information content (AvgIpc) is 2.17. The minimum Gasteiger partial charge on any atom is -0.324 e. The quantitative estimate of drug-likeness (QED) is 0.778. The number of pyridine rings is 1. The van der Waals surface area contributed by atoms with Gasteiger partial charge in [-0.2, -0.15) is 5.26 Å². The maximum atomic E-state index is 8.87. The van der Waals surface area contributed by atoms with E-state index >= 15 is 0 Å². The number of halogens is 1. The average molecular weight is 210 g/mol. The molecule has 14 heavy (non-hydrogen) atoms. The summed E-state index contributed by atoms with van der Waals surface area (Å²) in [4.78, 5) is 3.93. The van der Waals surface area contributed by atoms with Gasteiger partial charge in [0.15, 0.2) is 0 Å². The highest BCUT2D eigenvalue weighted by Crippen LogP contribution is 2.20. The van der Waals surface area contributed by atoms with Crippen LogP contribution < -0.4 is 5.73 Å². The van der Waals surface area contributed by atoms with Crippen LogP contribution in [0.25, 0.3) is 0 Å². The molecule has 0 aliphatic carbocycles. The lowest BCUT2D eigenvalue weighted by atomic mass is 10.0. The van der Waals surface area contributed by atoms with E-state index in [1.165, 1.54) is 0 Å². The SMILES string of the molecule is CCC[C@@H](N)c1cnc(Cl)cc1C#N. The molecule has 0 saturated carbocycles. The number of nitrogens with zero attached hydrogens (tertiary/aromatic N) is 2. The molecule has 0 saturated heterocycles. The van der Waals surface area contributed by atoms with Gasteiger partial charge in [-0.15, -0.1) is 0 Å². The van der Waals surface area contributed by atoms with Crippen LogP contribution in [0.3, 0.4) is 0 Å². The van der Waals surface area contributed by atoms with Crippen LogP contribution in [-0.4, -0.2) is 4.98 Å². The lowest BCUT2D eigenvalue weighted by Gasteiger charge is -2.11. The van der Waals surface area contributed by atoms with Gasteiger partial charge in [-0.3, -0.25) is 0 Å². The third-order valence-electron chi connectivity index (χ3n) is 2.02. The summed E-state index contributed by atoms with van der Waals surface area (Å²) < 4.78 is 0. The zero-order valence-electron chi connectivity index (χ0n) is 8.00. The lowest BCUT2D eigenvalue weighted by molar-refractivity contribution is 0.635. The van der Waals surface area contributed by atoms with Gasteiger partial charge in [0.25, 0.3) is 0 Å². The number of hydrogen-bond acceptors (Lipinski definition) is 3. The van der Waals surface area contributed by atoms with Gasteiger partial charge in [0, 0.05) is 17.8 Å². The van der Waals surface area contributed by atoms with E-state index in [1.807, 2.05) is 0 Å². The summed E-state index contributed by atoms with van der Waals surface area (Å²) >= 11 is 5.67. The standard InChI is InChI=1S/C10H12ClN3/c1-2-3-9(13)8-6-14-10(11)4-7(8)5-12/h4,6,9H,2-3,13H2,1H3/t9-/m1/s1. The highest BCUT2D eigenvalue weighted by atomic mass is 35.5. The lowest BCUT2D eigenvalue weighted by Crippen LogP contribution is -2.11. The minimum absolute atomic E-state index is 0.126. The van der Waals surface area contributed by atoms with Crippen molar-refractivity contribution in [2.45, 2.75) is 25.8 Å². The van der Waals surface area contributed by atoms with Gasteiger partial charge in [0.2, 0.25) is 0 Å². The first-order chi connectivity index (χ1) is 6.69. The van der Waals surface area contributed by atoms with Crippen LogP contribution in [0.15, 0.2) is 12.3 Å². The molecule has 74 valence electrons. The van der Waals surface area contributed by atoms with E-state index in [1.54, 1.807) is 12.3 Å². The normalized spacial score (nSPS) is 12.1. The molecular weight excluding hydrogens is 198 g/mol. The summed E-state index contributed by atoms with van der Waals surface area (Å²) in [7, 11) is 0. The number of rotatable bonds is 3. The maximum Gasteiger partial charge on any atom is 0.130 e. The number of aromatic nitrogens is 1. The maximum absolute atomic E-state index is 8.87. The number of hydrogen-bond donors (Lipinski definition) is 1. The summed E-state index contributed by atoms with van der Waals surface area (Å²) in [5, 5.41) is 9.20. The van der Waals surface area contributed by atoms with Gasteiger partial charge < -0.3 is 5.73 Å². The molecule has 0 aromatic carbocycles. The molecule has 0 spiro atoms. The van der Waals surface area contributed by atoms with Crippen LogP contribution in [0.2, 0.25) is 5.15 Å². The molecule has 1 heterocycles. The van der Waals surface area contributed by atoms with Crippen LogP contribution in [0, 0.1) is 11.3 Å². The number of nitrogens with two attached hydrogens (primary N) is 1. The second-order valence-corrected chi connectivity index (χ2v) is 3.49. The second-order valence-electron chi connectivity index (χ2n) is 3.10. The Morgan fingerprint density at radius 1 is 1.71 bits per heavy atom. The highest BCUT2D eigenvalue weighted by molar-refractivity contribution is 6.29. The molecule has 0 unspecified atom stereocenters. The van der Waals surface area contributed by atoms with E-state index in [0.29, 0.717) is 10.7 Å². The van der Waals surface area contributed by atoms with Gasteiger partial charge in [0.05, 0.1) is 11.6 Å². The largest absolute Gasteiger partial charge is 0.324 e. The van der Waals surface area contributed by atoms with Crippen molar-refractivity contribution in [1.29, 1.82) is 5.26 Å². The van der Waals surface area contributed by atoms with E-state index in [0.717, 1.165) is 18.4 Å². The van der Waals surface area contributed by atoms with E-state index in [2.05, 4.69) is 18.0 Å². The topological polar surface area (TPSA) is 62.7 Å². The van der Waals surface area contributed by atoms with Crippen molar-refractivity contribution in [2.24, 2.45) is 5.73 Å². The molecule has 3 nitrogen and oxygen atoms in total. The van der Waals surface area contributed by atoms with E-state index in [4.69, 9.17) is 22.6 Å². The van der Waals surface area contributed by atoms with Crippen molar-refractivity contribution in [3.8, 4) is 6.07 Å². The molecule has 1 atom stereocenters. The Kier molecular flexibility index (Phi) is 3.87. The zero-order chi connectivity index (χ0) is 10.6. The van der Waals surface area contributed by atoms with Crippen LogP contribution in [0.5, 0.6) is 0 Å². The fraction of sp³-hybridized carbons (Fsp3) is 0.400. The van der Waals surface area contributed by atoms with Crippen molar-refractivity contribution in [3.63, 3.8) is 0 Å². The summed E-state index contributed by atoms with van der Waals surface area (Å²) in [5.41, 5.74) is 7.19. The summed E-state index contributed by atoms with van der Waals surface area (Å²) in [6, 6.07) is 3.49. The summed E-state index contributed by atoms with van der Waals surface area (Å²) in [5.74, 6) is 0. The molecule has 1 aromatic rings. The summed E-state index contributed by atoms with van der Waals surface area (Å²) in [6.07, 6.45) is 3.41. The Hall–Kier alpha value is -1.11. The van der Waals surface area contributed by atoms with E-state index in [-0.39, 0.29) is 6.04 Å². The van der Waals surface area contributed by atoms with Crippen molar-refractivity contribution in [3.05, 3.63) is 28.5 Å². The minimum atomic E-state index is -0.126. The Bertz CT molecular complexity index is 357. The first-order valence-electron chi connectivity index (χ1n) is 4.50. The van der Waals surface area contributed by atoms with Crippen molar-refractivity contribution in [2.75, 3.05) is 0 Å². The molecule has 0 amide bonds. The number of nitriles is 1. The second kappa shape index (κ2) is 4.94. The van der Waals surface area contributed by atoms with Crippen molar-refractivity contribution < 1.29 is 0 Å². The zero-order valence-corrected chi connectivity index (χ0v) is 8.75. The van der Waals surface area contributed by atoms with Crippen molar-refractivity contribution >= 4 is 11.6 Å². The molecule has 1 aromatic heterocycles. The van der Waals surface area contributed by atoms with E-state index < -0.39 is 0 Å². The van der Waals surface area contributed by atoms with Crippen LogP contribution >= 0.6 is 11.6 Å². The molecule has 0 aliphatic heterocycles. The molecule has 4 heteroatoms. The predicted molar refractivity (Wildman–Crippen MR) is 55.8 cm³/mol. The summed E-state index contributed by atoms with van der Waals surface area (Å²) in [6.45, 7) is 2.05. The van der Waals surface area contributed by atoms with Gasteiger partial charge in [0.1, 0.15) is 5.15 Å². The fourth-order valence-electron chi connectivity index (χ4n) is 1.30. The van der Waals surface area contributed by atoms with Gasteiger partial charge in [-0.05, 0) is 12.5 Å². The monoisotopic (exact) mass is 209 g/mol. The predicted octanol–water partition coefficient (Wildman–Crippen LogP) is 2.41. The molecule has 0 bridgehead atoms. The molecular formula is C10H12ClN3. The highest BCUT2D eigenvalue weighted by Gasteiger charge is 2.11. The molecule has 1 rings (SSSR count). The first kappa shape index (κ1) is 11.0. The van der Waals surface area contributed by atoms with Crippen molar-refractivity contribution in [1.82, 2.24) is 4.98 Å². The van der Waals surface area contributed by atoms with Crippen LogP contribution in [-0.2, 0) is 0 Å². The Balaban J connectivity index is 3.03.